The lowest BCUT2D eigenvalue weighted by molar-refractivity contribution is -0.385. The quantitative estimate of drug-likeness (QED) is 0.377. The Kier molecular flexibility index (Phi) is 5.55. The highest BCUT2D eigenvalue weighted by Gasteiger charge is 2.20. The van der Waals surface area contributed by atoms with E-state index in [1.807, 2.05) is 35.1 Å². The van der Waals surface area contributed by atoms with Gasteiger partial charge in [-0.05, 0) is 36.8 Å². The maximum atomic E-state index is 12.4. The van der Waals surface area contributed by atoms with E-state index in [4.69, 9.17) is 0 Å². The highest BCUT2D eigenvalue weighted by molar-refractivity contribution is 7.90. The summed E-state index contributed by atoms with van der Waals surface area (Å²) < 4.78 is 28.3. The Morgan fingerprint density at radius 1 is 1.21 bits per heavy atom. The number of sulfonamides is 1. The number of para-hydroxylation sites is 1. The molecule has 29 heavy (non-hydrogen) atoms. The number of nitro benzene ring substituents is 1. The highest BCUT2D eigenvalue weighted by Crippen LogP contribution is 2.21. The summed E-state index contributed by atoms with van der Waals surface area (Å²) in [6, 6.07) is 12.6. The summed E-state index contributed by atoms with van der Waals surface area (Å²) in [4.78, 5) is 22.0. The van der Waals surface area contributed by atoms with Crippen molar-refractivity contribution >= 4 is 27.7 Å². The lowest BCUT2D eigenvalue weighted by Crippen LogP contribution is -2.29. The van der Waals surface area contributed by atoms with Gasteiger partial charge in [-0.15, -0.1) is 0 Å². The van der Waals surface area contributed by atoms with Crippen LogP contribution in [0.2, 0.25) is 0 Å². The Balaban J connectivity index is 1.72. The van der Waals surface area contributed by atoms with Crippen LogP contribution in [0.3, 0.4) is 0 Å². The number of benzene rings is 2. The zero-order valence-corrected chi connectivity index (χ0v) is 16.0. The first-order valence-electron chi connectivity index (χ1n) is 8.36. The molecule has 1 amide bonds. The summed E-state index contributed by atoms with van der Waals surface area (Å²) in [5.74, 6) is -0.852. The van der Waals surface area contributed by atoms with Gasteiger partial charge in [-0.1, -0.05) is 18.2 Å². The number of carbonyl (C=O) groups excluding carboxylic acids is 1. The van der Waals surface area contributed by atoms with Crippen molar-refractivity contribution < 1.29 is 18.1 Å². The number of aryl methyl sites for hydroxylation is 1. The number of amides is 1. The fraction of sp³-hybridized carbons (Fsp3) is 0.0526. The number of hydrogen-bond donors (Lipinski definition) is 1. The van der Waals surface area contributed by atoms with Crippen LogP contribution in [-0.2, 0) is 14.8 Å². The van der Waals surface area contributed by atoms with Crippen LogP contribution in [0.4, 0.5) is 5.69 Å². The van der Waals surface area contributed by atoms with E-state index in [-0.39, 0.29) is 16.1 Å². The predicted octanol–water partition coefficient (Wildman–Crippen LogP) is 2.61. The average molecular weight is 412 g/mol. The van der Waals surface area contributed by atoms with E-state index in [9.17, 15) is 23.3 Å². The van der Waals surface area contributed by atoms with E-state index in [0.29, 0.717) is 5.56 Å². The van der Waals surface area contributed by atoms with Crippen LogP contribution >= 0.6 is 0 Å². The number of nitro groups is 1. The van der Waals surface area contributed by atoms with Crippen molar-refractivity contribution in [2.24, 2.45) is 0 Å². The first-order valence-corrected chi connectivity index (χ1v) is 9.84. The lowest BCUT2D eigenvalue weighted by atomic mass is 10.2. The fourth-order valence-electron chi connectivity index (χ4n) is 2.59. The molecule has 0 aliphatic carbocycles. The number of non-ortho nitro benzene ring substituents is 1. The summed E-state index contributed by atoms with van der Waals surface area (Å²) in [5, 5.41) is 15.0. The molecule has 0 fully saturated rings. The molecule has 1 heterocycles. The van der Waals surface area contributed by atoms with Crippen molar-refractivity contribution in [1.82, 2.24) is 14.5 Å². The van der Waals surface area contributed by atoms with E-state index in [2.05, 4.69) is 5.10 Å². The standard InChI is InChI=1S/C19H16N4O5S/c1-14-11-17(23(25)26)8-9-18(14)29(27,28)21-19(24)10-7-15-12-20-22(13-15)16-5-3-2-4-6-16/h2-13H,1H3,(H,21,24)/b10-7+. The minimum atomic E-state index is -4.17. The molecular formula is C19H16N4O5S. The van der Waals surface area contributed by atoms with Gasteiger partial charge in [0.25, 0.3) is 21.6 Å². The molecular weight excluding hydrogens is 396 g/mol. The molecule has 0 atom stereocenters. The number of nitrogens with one attached hydrogen (secondary N) is 1. The molecule has 0 radical (unpaired) electrons. The molecule has 0 aliphatic rings. The molecule has 0 saturated heterocycles. The molecule has 148 valence electrons. The van der Waals surface area contributed by atoms with Gasteiger partial charge in [-0.2, -0.15) is 5.10 Å². The van der Waals surface area contributed by atoms with Gasteiger partial charge >= 0.3 is 0 Å². The van der Waals surface area contributed by atoms with Crippen LogP contribution in [0.5, 0.6) is 0 Å². The summed E-state index contributed by atoms with van der Waals surface area (Å²) in [6.45, 7) is 1.42. The van der Waals surface area contributed by atoms with Gasteiger partial charge in [0, 0.05) is 30.0 Å². The summed E-state index contributed by atoms with van der Waals surface area (Å²) in [7, 11) is -4.17. The van der Waals surface area contributed by atoms with Crippen molar-refractivity contribution in [3.8, 4) is 5.69 Å². The second-order valence-electron chi connectivity index (χ2n) is 6.06. The van der Waals surface area contributed by atoms with Gasteiger partial charge in [0.2, 0.25) is 0 Å². The first-order chi connectivity index (χ1) is 13.8. The zero-order chi connectivity index (χ0) is 21.0. The second-order valence-corrected chi connectivity index (χ2v) is 7.71. The van der Waals surface area contributed by atoms with Gasteiger partial charge in [0.1, 0.15) is 0 Å². The Morgan fingerprint density at radius 2 is 1.93 bits per heavy atom. The number of hydrogen-bond acceptors (Lipinski definition) is 6. The van der Waals surface area contributed by atoms with Crippen molar-refractivity contribution in [2.45, 2.75) is 11.8 Å². The third-order valence-corrected chi connectivity index (χ3v) is 5.45. The van der Waals surface area contributed by atoms with E-state index < -0.39 is 20.9 Å². The molecule has 0 saturated carbocycles. The molecule has 0 aliphatic heterocycles. The van der Waals surface area contributed by atoms with Crippen LogP contribution in [0.15, 0.2) is 71.9 Å². The van der Waals surface area contributed by atoms with Crippen molar-refractivity contribution in [2.75, 3.05) is 0 Å². The second kappa shape index (κ2) is 8.07. The average Bonchev–Trinajstić information content (AvgIpc) is 3.15. The van der Waals surface area contributed by atoms with Crippen LogP contribution in [0.1, 0.15) is 11.1 Å². The van der Waals surface area contributed by atoms with Gasteiger partial charge in [-0.3, -0.25) is 14.9 Å². The summed E-state index contributed by atoms with van der Waals surface area (Å²) in [5.41, 5.74) is 1.37. The zero-order valence-electron chi connectivity index (χ0n) is 15.2. The fourth-order valence-corrected chi connectivity index (χ4v) is 3.76. The van der Waals surface area contributed by atoms with Crippen LogP contribution < -0.4 is 4.72 Å². The van der Waals surface area contributed by atoms with Crippen LogP contribution in [0.25, 0.3) is 11.8 Å². The van der Waals surface area contributed by atoms with Crippen LogP contribution in [-0.4, -0.2) is 29.0 Å². The molecule has 3 aromatic rings. The Labute approximate surface area is 166 Å². The molecule has 1 N–H and O–H groups in total. The Bertz CT molecular complexity index is 1200. The van der Waals surface area contributed by atoms with Gasteiger partial charge in [0.05, 0.1) is 21.7 Å². The third-order valence-electron chi connectivity index (χ3n) is 3.94. The maximum absolute atomic E-state index is 12.4. The van der Waals surface area contributed by atoms with E-state index in [1.54, 1.807) is 10.9 Å². The number of nitrogens with zero attached hydrogens (tertiary/aromatic N) is 3. The van der Waals surface area contributed by atoms with Gasteiger partial charge < -0.3 is 0 Å². The molecule has 2 aromatic carbocycles. The van der Waals surface area contributed by atoms with Gasteiger partial charge in [-0.25, -0.2) is 17.8 Å². The molecule has 9 nitrogen and oxygen atoms in total. The normalized spacial score (nSPS) is 11.5. The summed E-state index contributed by atoms with van der Waals surface area (Å²) >= 11 is 0. The minimum Gasteiger partial charge on any atom is -0.269 e. The van der Waals surface area contributed by atoms with Crippen LogP contribution in [0, 0.1) is 17.0 Å². The van der Waals surface area contributed by atoms with Gasteiger partial charge in [0.15, 0.2) is 0 Å². The molecule has 3 rings (SSSR count). The predicted molar refractivity (Wildman–Crippen MR) is 106 cm³/mol. The van der Waals surface area contributed by atoms with E-state index in [0.717, 1.165) is 30.0 Å². The number of rotatable bonds is 6. The Hall–Kier alpha value is -3.79. The molecule has 0 unspecified atom stereocenters. The van der Waals surface area contributed by atoms with E-state index in [1.165, 1.54) is 19.2 Å². The monoisotopic (exact) mass is 412 g/mol. The summed E-state index contributed by atoms with van der Waals surface area (Å²) in [6.07, 6.45) is 5.73. The molecule has 10 heteroatoms. The van der Waals surface area contributed by atoms with Crippen molar-refractivity contribution in [1.29, 1.82) is 0 Å². The molecule has 0 spiro atoms. The first kappa shape index (κ1) is 20.0. The minimum absolute atomic E-state index is 0.160. The topological polar surface area (TPSA) is 124 Å². The number of aromatic nitrogens is 2. The van der Waals surface area contributed by atoms with Crippen molar-refractivity contribution in [3.63, 3.8) is 0 Å². The van der Waals surface area contributed by atoms with Crippen molar-refractivity contribution in [3.05, 3.63) is 88.2 Å². The largest absolute Gasteiger partial charge is 0.269 e. The molecule has 0 bridgehead atoms. The Morgan fingerprint density at radius 3 is 2.59 bits per heavy atom. The SMILES string of the molecule is Cc1cc([N+](=O)[O-])ccc1S(=O)(=O)NC(=O)/C=C/c1cnn(-c2ccccc2)c1. The third kappa shape index (κ3) is 4.74. The lowest BCUT2D eigenvalue weighted by Gasteiger charge is -2.07. The smallest absolute Gasteiger partial charge is 0.269 e. The number of carbonyl (C=O) groups is 1. The molecule has 1 aromatic heterocycles. The maximum Gasteiger partial charge on any atom is 0.269 e. The highest BCUT2D eigenvalue weighted by atomic mass is 32.2. The van der Waals surface area contributed by atoms with E-state index >= 15 is 0 Å².